The van der Waals surface area contributed by atoms with E-state index in [1.54, 1.807) is 6.92 Å². The van der Waals surface area contributed by atoms with E-state index in [9.17, 15) is 4.79 Å². The lowest BCUT2D eigenvalue weighted by molar-refractivity contribution is 0.0521. The number of esters is 1. The summed E-state index contributed by atoms with van der Waals surface area (Å²) in [5.41, 5.74) is 7.46. The predicted molar refractivity (Wildman–Crippen MR) is 76.6 cm³/mol. The Kier molecular flexibility index (Phi) is 3.93. The Morgan fingerprint density at radius 2 is 2.00 bits per heavy atom. The number of benzene rings is 1. The molecule has 0 unspecified atom stereocenters. The van der Waals surface area contributed by atoms with Crippen molar-refractivity contribution < 1.29 is 13.9 Å². The first-order chi connectivity index (χ1) is 9.52. The number of anilines is 2. The highest BCUT2D eigenvalue weighted by Gasteiger charge is 2.19. The van der Waals surface area contributed by atoms with Crippen molar-refractivity contribution in [3.63, 3.8) is 0 Å². The number of rotatable bonds is 4. The lowest BCUT2D eigenvalue weighted by atomic mass is 10.2. The topological polar surface area (TPSA) is 81.6 Å². The molecule has 0 aliphatic heterocycles. The molecule has 0 radical (unpaired) electrons. The summed E-state index contributed by atoms with van der Waals surface area (Å²) in [7, 11) is 3.91. The van der Waals surface area contributed by atoms with E-state index in [4.69, 9.17) is 14.9 Å². The Morgan fingerprint density at radius 1 is 1.35 bits per heavy atom. The second-order valence-corrected chi connectivity index (χ2v) is 4.39. The van der Waals surface area contributed by atoms with Crippen molar-refractivity contribution in [2.75, 3.05) is 31.3 Å². The van der Waals surface area contributed by atoms with E-state index in [-0.39, 0.29) is 18.2 Å². The van der Waals surface area contributed by atoms with Gasteiger partial charge in [0.25, 0.3) is 0 Å². The van der Waals surface area contributed by atoms with Crippen LogP contribution in [-0.2, 0) is 4.74 Å². The summed E-state index contributed by atoms with van der Waals surface area (Å²) in [4.78, 5) is 17.7. The van der Waals surface area contributed by atoms with Crippen LogP contribution in [0, 0.1) is 0 Å². The molecule has 106 valence electrons. The highest BCUT2D eigenvalue weighted by molar-refractivity contribution is 5.92. The van der Waals surface area contributed by atoms with Gasteiger partial charge in [0.05, 0.1) is 6.61 Å². The maximum Gasteiger partial charge on any atom is 0.362 e. The Labute approximate surface area is 117 Å². The van der Waals surface area contributed by atoms with Gasteiger partial charge in [-0.05, 0) is 31.2 Å². The van der Waals surface area contributed by atoms with Crippen LogP contribution >= 0.6 is 0 Å². The second-order valence-electron chi connectivity index (χ2n) is 4.39. The molecule has 2 aromatic rings. The summed E-state index contributed by atoms with van der Waals surface area (Å²) in [6.45, 7) is 1.98. The van der Waals surface area contributed by atoms with Gasteiger partial charge in [0.15, 0.2) is 0 Å². The van der Waals surface area contributed by atoms with Gasteiger partial charge in [0, 0.05) is 25.3 Å². The largest absolute Gasteiger partial charge is 0.461 e. The number of aromatic nitrogens is 1. The van der Waals surface area contributed by atoms with Crippen molar-refractivity contribution in [1.82, 2.24) is 4.98 Å². The lowest BCUT2D eigenvalue weighted by Gasteiger charge is -2.11. The van der Waals surface area contributed by atoms with Crippen LogP contribution in [0.4, 0.5) is 11.6 Å². The quantitative estimate of drug-likeness (QED) is 0.861. The third kappa shape index (κ3) is 2.74. The summed E-state index contributed by atoms with van der Waals surface area (Å²) >= 11 is 0. The normalized spacial score (nSPS) is 10.3. The first-order valence-electron chi connectivity index (χ1n) is 6.24. The van der Waals surface area contributed by atoms with Crippen molar-refractivity contribution in [2.24, 2.45) is 0 Å². The molecule has 0 atom stereocenters. The summed E-state index contributed by atoms with van der Waals surface area (Å²) in [5, 5.41) is 0. The van der Waals surface area contributed by atoms with Gasteiger partial charge in [-0.25, -0.2) is 4.79 Å². The zero-order chi connectivity index (χ0) is 14.7. The fourth-order valence-electron chi connectivity index (χ4n) is 1.70. The molecule has 6 heteroatoms. The number of nitrogen functional groups attached to an aromatic ring is 1. The first kappa shape index (κ1) is 13.9. The van der Waals surface area contributed by atoms with Crippen LogP contribution in [0.3, 0.4) is 0 Å². The highest BCUT2D eigenvalue weighted by atomic mass is 16.5. The average molecular weight is 275 g/mol. The molecule has 2 rings (SSSR count). The number of carbonyl (C=O) groups excluding carboxylic acids is 1. The van der Waals surface area contributed by atoms with Crippen molar-refractivity contribution in [3.8, 4) is 11.5 Å². The zero-order valence-corrected chi connectivity index (χ0v) is 11.7. The molecular weight excluding hydrogens is 258 g/mol. The van der Waals surface area contributed by atoms with Crippen LogP contribution < -0.4 is 10.6 Å². The van der Waals surface area contributed by atoms with E-state index in [0.29, 0.717) is 5.89 Å². The van der Waals surface area contributed by atoms with E-state index in [0.717, 1.165) is 11.3 Å². The van der Waals surface area contributed by atoms with E-state index in [1.165, 1.54) is 0 Å². The third-order valence-electron chi connectivity index (χ3n) is 2.75. The molecule has 0 bridgehead atoms. The first-order valence-corrected chi connectivity index (χ1v) is 6.24. The molecule has 2 N–H and O–H groups in total. The molecule has 20 heavy (non-hydrogen) atoms. The van der Waals surface area contributed by atoms with Gasteiger partial charge < -0.3 is 19.8 Å². The summed E-state index contributed by atoms with van der Waals surface area (Å²) < 4.78 is 10.2. The van der Waals surface area contributed by atoms with Crippen molar-refractivity contribution in [3.05, 3.63) is 30.0 Å². The minimum absolute atomic E-state index is 0.0125. The fraction of sp³-hybridized carbons (Fsp3) is 0.286. The number of nitrogens with two attached hydrogens (primary N) is 1. The molecule has 1 heterocycles. The second kappa shape index (κ2) is 5.64. The maximum absolute atomic E-state index is 11.6. The SMILES string of the molecule is CCOC(=O)c1nc(-c2ccc(N(C)C)cc2)oc1N. The van der Waals surface area contributed by atoms with Crippen molar-refractivity contribution in [1.29, 1.82) is 0 Å². The van der Waals surface area contributed by atoms with Gasteiger partial charge in [0.2, 0.25) is 17.5 Å². The van der Waals surface area contributed by atoms with Crippen molar-refractivity contribution >= 4 is 17.5 Å². The van der Waals surface area contributed by atoms with E-state index < -0.39 is 5.97 Å². The lowest BCUT2D eigenvalue weighted by Crippen LogP contribution is -2.08. The number of hydrogen-bond acceptors (Lipinski definition) is 6. The minimum Gasteiger partial charge on any atom is -0.461 e. The molecule has 1 aromatic heterocycles. The average Bonchev–Trinajstić information content (AvgIpc) is 2.81. The molecule has 1 aromatic carbocycles. The molecule has 0 amide bonds. The third-order valence-corrected chi connectivity index (χ3v) is 2.75. The van der Waals surface area contributed by atoms with Gasteiger partial charge in [0.1, 0.15) is 0 Å². The van der Waals surface area contributed by atoms with Crippen LogP contribution in [0.25, 0.3) is 11.5 Å². The number of hydrogen-bond donors (Lipinski definition) is 1. The number of oxazole rings is 1. The Bertz CT molecular complexity index is 603. The van der Waals surface area contributed by atoms with E-state index in [2.05, 4.69) is 4.98 Å². The van der Waals surface area contributed by atoms with Gasteiger partial charge in [-0.15, -0.1) is 0 Å². The Balaban J connectivity index is 2.29. The Morgan fingerprint density at radius 3 is 2.55 bits per heavy atom. The van der Waals surface area contributed by atoms with Crippen LogP contribution in [0.15, 0.2) is 28.7 Å². The van der Waals surface area contributed by atoms with Crippen LogP contribution in [0.5, 0.6) is 0 Å². The van der Waals surface area contributed by atoms with E-state index >= 15 is 0 Å². The van der Waals surface area contributed by atoms with Crippen LogP contribution in [-0.4, -0.2) is 31.7 Å². The van der Waals surface area contributed by atoms with Gasteiger partial charge in [-0.3, -0.25) is 0 Å². The van der Waals surface area contributed by atoms with Gasteiger partial charge in [-0.2, -0.15) is 4.98 Å². The molecule has 0 aliphatic carbocycles. The number of carbonyl (C=O) groups is 1. The minimum atomic E-state index is -0.579. The Hall–Kier alpha value is -2.50. The monoisotopic (exact) mass is 275 g/mol. The molecule has 0 spiro atoms. The summed E-state index contributed by atoms with van der Waals surface area (Å²) in [5.74, 6) is -0.309. The van der Waals surface area contributed by atoms with Gasteiger partial charge >= 0.3 is 5.97 Å². The predicted octanol–water partition coefficient (Wildman–Crippen LogP) is 2.17. The van der Waals surface area contributed by atoms with Crippen LogP contribution in [0.2, 0.25) is 0 Å². The maximum atomic E-state index is 11.6. The van der Waals surface area contributed by atoms with Gasteiger partial charge in [-0.1, -0.05) is 0 Å². The molecule has 0 saturated heterocycles. The fourth-order valence-corrected chi connectivity index (χ4v) is 1.70. The molecule has 6 nitrogen and oxygen atoms in total. The molecular formula is C14H17N3O3. The highest BCUT2D eigenvalue weighted by Crippen LogP contribution is 2.25. The summed E-state index contributed by atoms with van der Waals surface area (Å²) in [6, 6.07) is 7.57. The molecule has 0 aliphatic rings. The smallest absolute Gasteiger partial charge is 0.362 e. The molecule has 0 saturated carbocycles. The number of ether oxygens (including phenoxy) is 1. The molecule has 0 fully saturated rings. The van der Waals surface area contributed by atoms with Crippen LogP contribution in [0.1, 0.15) is 17.4 Å². The summed E-state index contributed by atoms with van der Waals surface area (Å²) in [6.07, 6.45) is 0. The number of nitrogens with zero attached hydrogens (tertiary/aromatic N) is 2. The zero-order valence-electron chi connectivity index (χ0n) is 11.7. The standard InChI is InChI=1S/C14H17N3O3/c1-4-19-14(18)11-12(15)20-13(16-11)9-5-7-10(8-6-9)17(2)3/h5-8H,4,15H2,1-3H3. The van der Waals surface area contributed by atoms with Crippen molar-refractivity contribution in [2.45, 2.75) is 6.92 Å². The van der Waals surface area contributed by atoms with E-state index in [1.807, 2.05) is 43.3 Å².